The van der Waals surface area contributed by atoms with Gasteiger partial charge in [0.15, 0.2) is 0 Å². The van der Waals surface area contributed by atoms with Gasteiger partial charge in [0, 0.05) is 17.7 Å². The molecule has 1 atom stereocenters. The van der Waals surface area contributed by atoms with E-state index >= 15 is 0 Å². The van der Waals surface area contributed by atoms with E-state index in [9.17, 15) is 0 Å². The van der Waals surface area contributed by atoms with Crippen LogP contribution in [0.4, 0.5) is 0 Å². The molecule has 92 valence electrons. The molecule has 16 heavy (non-hydrogen) atoms. The Hall–Kier alpha value is -0.450. The summed E-state index contributed by atoms with van der Waals surface area (Å²) < 4.78 is 0. The zero-order valence-corrected chi connectivity index (χ0v) is 11.0. The van der Waals surface area contributed by atoms with E-state index in [4.69, 9.17) is 5.11 Å². The van der Waals surface area contributed by atoms with E-state index < -0.39 is 0 Å². The van der Waals surface area contributed by atoms with Crippen LogP contribution in [-0.2, 0) is 6.42 Å². The molecule has 0 aliphatic carbocycles. The molecular formula is C12H22N2OS. The molecule has 1 aromatic rings. The molecule has 0 spiro atoms. The second kappa shape index (κ2) is 7.76. The zero-order valence-electron chi connectivity index (χ0n) is 10.2. The molecule has 3 nitrogen and oxygen atoms in total. The van der Waals surface area contributed by atoms with Gasteiger partial charge in [-0.1, -0.05) is 6.92 Å². The average Bonchev–Trinajstić information content (AvgIpc) is 2.77. The van der Waals surface area contributed by atoms with Crippen LogP contribution in [0.1, 0.15) is 49.0 Å². The van der Waals surface area contributed by atoms with E-state index in [0.717, 1.165) is 32.2 Å². The standard InChI is InChI=1S/C12H22N2OS/c1-3-11-9-14-12(16-11)10(2)13-7-5-4-6-8-15/h9-10,13,15H,3-8H2,1-2H3. The van der Waals surface area contributed by atoms with Crippen molar-refractivity contribution in [3.05, 3.63) is 16.1 Å². The van der Waals surface area contributed by atoms with Crippen molar-refractivity contribution in [2.24, 2.45) is 0 Å². The van der Waals surface area contributed by atoms with E-state index in [1.165, 1.54) is 9.88 Å². The molecular weight excluding hydrogens is 220 g/mol. The Morgan fingerprint density at radius 1 is 1.44 bits per heavy atom. The highest BCUT2D eigenvalue weighted by Crippen LogP contribution is 2.20. The van der Waals surface area contributed by atoms with Crippen molar-refractivity contribution >= 4 is 11.3 Å². The first-order valence-electron chi connectivity index (χ1n) is 6.06. The predicted octanol–water partition coefficient (Wildman–Crippen LogP) is 2.52. The SMILES string of the molecule is CCc1cnc(C(C)NCCCCCO)s1. The van der Waals surface area contributed by atoms with Gasteiger partial charge >= 0.3 is 0 Å². The van der Waals surface area contributed by atoms with Gasteiger partial charge in [0.05, 0.1) is 6.04 Å². The minimum atomic E-state index is 0.307. The Labute approximate surface area is 102 Å². The van der Waals surface area contributed by atoms with Crippen molar-refractivity contribution in [2.45, 2.75) is 45.6 Å². The monoisotopic (exact) mass is 242 g/mol. The van der Waals surface area contributed by atoms with E-state index in [0.29, 0.717) is 12.6 Å². The van der Waals surface area contributed by atoms with Gasteiger partial charge in [0.2, 0.25) is 0 Å². The number of hydrogen-bond donors (Lipinski definition) is 2. The second-order valence-corrected chi connectivity index (χ2v) is 5.13. The van der Waals surface area contributed by atoms with Crippen LogP contribution >= 0.6 is 11.3 Å². The predicted molar refractivity (Wildman–Crippen MR) is 68.8 cm³/mol. The summed E-state index contributed by atoms with van der Waals surface area (Å²) in [4.78, 5) is 5.77. The highest BCUT2D eigenvalue weighted by molar-refractivity contribution is 7.11. The summed E-state index contributed by atoms with van der Waals surface area (Å²) in [6.45, 7) is 5.62. The highest BCUT2D eigenvalue weighted by Gasteiger charge is 2.08. The van der Waals surface area contributed by atoms with Crippen LogP contribution in [0.5, 0.6) is 0 Å². The number of aryl methyl sites for hydroxylation is 1. The third-order valence-corrected chi connectivity index (χ3v) is 3.90. The normalized spacial score (nSPS) is 12.9. The quantitative estimate of drug-likeness (QED) is 0.689. The first-order chi connectivity index (χ1) is 7.77. The fraction of sp³-hybridized carbons (Fsp3) is 0.750. The molecule has 2 N–H and O–H groups in total. The van der Waals surface area contributed by atoms with Crippen LogP contribution in [0.15, 0.2) is 6.20 Å². The molecule has 0 bridgehead atoms. The van der Waals surface area contributed by atoms with Gasteiger partial charge in [-0.2, -0.15) is 0 Å². The molecule has 1 rings (SSSR count). The minimum absolute atomic E-state index is 0.307. The lowest BCUT2D eigenvalue weighted by Gasteiger charge is -2.10. The Morgan fingerprint density at radius 3 is 2.88 bits per heavy atom. The summed E-state index contributed by atoms with van der Waals surface area (Å²) in [7, 11) is 0. The Bertz CT molecular complexity index is 288. The Morgan fingerprint density at radius 2 is 2.25 bits per heavy atom. The van der Waals surface area contributed by atoms with Crippen molar-refractivity contribution < 1.29 is 5.11 Å². The average molecular weight is 242 g/mol. The van der Waals surface area contributed by atoms with Crippen molar-refractivity contribution in [1.82, 2.24) is 10.3 Å². The lowest BCUT2D eigenvalue weighted by molar-refractivity contribution is 0.282. The third-order valence-electron chi connectivity index (χ3n) is 2.58. The number of nitrogens with zero attached hydrogens (tertiary/aromatic N) is 1. The maximum Gasteiger partial charge on any atom is 0.109 e. The first-order valence-corrected chi connectivity index (χ1v) is 6.88. The first kappa shape index (κ1) is 13.6. The molecule has 0 fully saturated rings. The van der Waals surface area contributed by atoms with Crippen LogP contribution in [0.3, 0.4) is 0 Å². The van der Waals surface area contributed by atoms with Gasteiger partial charge in [-0.25, -0.2) is 4.98 Å². The molecule has 1 aromatic heterocycles. The number of nitrogens with one attached hydrogen (secondary N) is 1. The van der Waals surface area contributed by atoms with Crippen LogP contribution < -0.4 is 5.32 Å². The van der Waals surface area contributed by atoms with Gasteiger partial charge in [0.25, 0.3) is 0 Å². The summed E-state index contributed by atoms with van der Waals surface area (Å²) in [6.07, 6.45) is 6.17. The zero-order chi connectivity index (χ0) is 11.8. The van der Waals surface area contributed by atoms with Crippen LogP contribution in [-0.4, -0.2) is 23.2 Å². The van der Waals surface area contributed by atoms with E-state index in [-0.39, 0.29) is 0 Å². The number of aromatic nitrogens is 1. The lowest BCUT2D eigenvalue weighted by atomic mass is 10.2. The molecule has 0 radical (unpaired) electrons. The maximum atomic E-state index is 8.65. The topological polar surface area (TPSA) is 45.2 Å². The molecule has 0 aliphatic heterocycles. The fourth-order valence-corrected chi connectivity index (χ4v) is 2.39. The number of thiazole rings is 1. The van der Waals surface area contributed by atoms with Crippen LogP contribution in [0, 0.1) is 0 Å². The highest BCUT2D eigenvalue weighted by atomic mass is 32.1. The molecule has 0 aromatic carbocycles. The van der Waals surface area contributed by atoms with Gasteiger partial charge in [0.1, 0.15) is 5.01 Å². The summed E-state index contributed by atoms with van der Waals surface area (Å²) in [5.41, 5.74) is 0. The van der Waals surface area contributed by atoms with Gasteiger partial charge in [-0.15, -0.1) is 11.3 Å². The van der Waals surface area contributed by atoms with Gasteiger partial charge in [-0.05, 0) is 39.2 Å². The number of unbranched alkanes of at least 4 members (excludes halogenated alkanes) is 2. The van der Waals surface area contributed by atoms with E-state index in [2.05, 4.69) is 24.1 Å². The summed E-state index contributed by atoms with van der Waals surface area (Å²) in [6, 6.07) is 0.347. The van der Waals surface area contributed by atoms with Crippen molar-refractivity contribution in [3.8, 4) is 0 Å². The molecule has 1 unspecified atom stereocenters. The molecule has 4 heteroatoms. The van der Waals surface area contributed by atoms with E-state index in [1.807, 2.05) is 6.20 Å². The number of aliphatic hydroxyl groups is 1. The Balaban J connectivity index is 2.21. The fourth-order valence-electron chi connectivity index (χ4n) is 1.51. The van der Waals surface area contributed by atoms with E-state index in [1.54, 1.807) is 11.3 Å². The Kier molecular flexibility index (Phi) is 6.61. The minimum Gasteiger partial charge on any atom is -0.396 e. The lowest BCUT2D eigenvalue weighted by Crippen LogP contribution is -2.19. The molecule has 0 saturated heterocycles. The van der Waals surface area contributed by atoms with Crippen molar-refractivity contribution in [2.75, 3.05) is 13.2 Å². The maximum absolute atomic E-state index is 8.65. The van der Waals surface area contributed by atoms with Crippen molar-refractivity contribution in [1.29, 1.82) is 0 Å². The third kappa shape index (κ3) is 4.60. The number of aliphatic hydroxyl groups excluding tert-OH is 1. The van der Waals surface area contributed by atoms with Crippen molar-refractivity contribution in [3.63, 3.8) is 0 Å². The van der Waals surface area contributed by atoms with Gasteiger partial charge < -0.3 is 10.4 Å². The molecule has 0 saturated carbocycles. The smallest absolute Gasteiger partial charge is 0.109 e. The largest absolute Gasteiger partial charge is 0.396 e. The second-order valence-electron chi connectivity index (χ2n) is 3.98. The summed E-state index contributed by atoms with van der Waals surface area (Å²) in [5.74, 6) is 0. The van der Waals surface area contributed by atoms with Crippen LogP contribution in [0.2, 0.25) is 0 Å². The molecule has 0 amide bonds. The van der Waals surface area contributed by atoms with Gasteiger partial charge in [-0.3, -0.25) is 0 Å². The summed E-state index contributed by atoms with van der Waals surface area (Å²) in [5, 5.41) is 13.3. The van der Waals surface area contributed by atoms with Crippen LogP contribution in [0.25, 0.3) is 0 Å². The number of hydrogen-bond acceptors (Lipinski definition) is 4. The number of rotatable bonds is 8. The molecule has 1 heterocycles. The summed E-state index contributed by atoms with van der Waals surface area (Å²) >= 11 is 1.80. The molecule has 0 aliphatic rings.